The van der Waals surface area contributed by atoms with Gasteiger partial charge in [-0.15, -0.1) is 0 Å². The lowest BCUT2D eigenvalue weighted by atomic mass is 10.2. The number of hydrogen-bond donors (Lipinski definition) is 1. The molecule has 0 aliphatic heterocycles. The van der Waals surface area contributed by atoms with Crippen molar-refractivity contribution in [2.24, 2.45) is 0 Å². The van der Waals surface area contributed by atoms with E-state index in [1.165, 1.54) is 0 Å². The summed E-state index contributed by atoms with van der Waals surface area (Å²) in [6.45, 7) is 6.16. The van der Waals surface area contributed by atoms with Crippen LogP contribution in [0.4, 0.5) is 5.69 Å². The summed E-state index contributed by atoms with van der Waals surface area (Å²) in [5.74, 6) is 0.701. The summed E-state index contributed by atoms with van der Waals surface area (Å²) in [7, 11) is 0. The minimum atomic E-state index is -0.395. The van der Waals surface area contributed by atoms with Crippen LogP contribution in [0.2, 0.25) is 10.0 Å². The lowest BCUT2D eigenvalue weighted by Crippen LogP contribution is -2.16. The van der Waals surface area contributed by atoms with Gasteiger partial charge in [0.05, 0.1) is 29.2 Å². The second kappa shape index (κ2) is 9.68. The third-order valence-corrected chi connectivity index (χ3v) is 5.73. The number of carbonyl (C=O) groups excluding carboxylic acids is 1. The number of amides is 1. The molecule has 2 aromatic carbocycles. The van der Waals surface area contributed by atoms with E-state index in [4.69, 9.17) is 32.5 Å². The highest BCUT2D eigenvalue weighted by molar-refractivity contribution is 6.30. The smallest absolute Gasteiger partial charge is 0.278 e. The van der Waals surface area contributed by atoms with Crippen LogP contribution in [0, 0.1) is 20.8 Å². The van der Waals surface area contributed by atoms with Crippen molar-refractivity contribution in [3.05, 3.63) is 92.5 Å². The van der Waals surface area contributed by atoms with Crippen LogP contribution in [0.25, 0.3) is 0 Å². The quantitative estimate of drug-likeness (QED) is 0.348. The van der Waals surface area contributed by atoms with E-state index in [2.05, 4.69) is 15.6 Å². The molecular formula is C24H22Cl2N4O3. The number of carbonyl (C=O) groups is 1. The summed E-state index contributed by atoms with van der Waals surface area (Å²) in [5.41, 5.74) is 3.95. The first kappa shape index (κ1) is 22.9. The fraction of sp³-hybridized carbons (Fsp3) is 0.208. The van der Waals surface area contributed by atoms with Crippen molar-refractivity contribution in [2.45, 2.75) is 33.9 Å². The molecule has 1 N–H and O–H groups in total. The molecule has 170 valence electrons. The Balaban J connectivity index is 1.51. The van der Waals surface area contributed by atoms with Gasteiger partial charge >= 0.3 is 0 Å². The van der Waals surface area contributed by atoms with E-state index in [1.807, 2.05) is 42.8 Å². The summed E-state index contributed by atoms with van der Waals surface area (Å²) in [4.78, 5) is 13.1. The van der Waals surface area contributed by atoms with E-state index in [-0.39, 0.29) is 12.3 Å². The molecule has 9 heteroatoms. The highest BCUT2D eigenvalue weighted by Gasteiger charge is 2.23. The zero-order valence-corrected chi connectivity index (χ0v) is 19.9. The van der Waals surface area contributed by atoms with Gasteiger partial charge in [-0.3, -0.25) is 9.48 Å². The first-order chi connectivity index (χ1) is 15.8. The van der Waals surface area contributed by atoms with Crippen LogP contribution >= 0.6 is 23.2 Å². The Morgan fingerprint density at radius 1 is 1.09 bits per heavy atom. The predicted molar refractivity (Wildman–Crippen MR) is 127 cm³/mol. The van der Waals surface area contributed by atoms with E-state index in [0.29, 0.717) is 45.0 Å². The van der Waals surface area contributed by atoms with Gasteiger partial charge in [0, 0.05) is 10.0 Å². The van der Waals surface area contributed by atoms with Gasteiger partial charge in [-0.1, -0.05) is 46.6 Å². The Morgan fingerprint density at radius 3 is 2.58 bits per heavy atom. The Morgan fingerprint density at radius 2 is 1.85 bits per heavy atom. The number of aromatic nitrogens is 3. The maximum Gasteiger partial charge on any atom is 0.278 e. The standard InChI is InChI=1S/C24H22Cl2N4O3/c1-14-22(15(2)30(28-14)12-17-7-9-18(25)10-8-17)27-24(31)23-21(16(3)33-29-23)13-32-20-6-4-5-19(26)11-20/h4-11H,12-13H2,1-3H3,(H,27,31). The molecule has 4 rings (SSSR count). The van der Waals surface area contributed by atoms with Gasteiger partial charge in [0.2, 0.25) is 0 Å². The van der Waals surface area contributed by atoms with Crippen LogP contribution in [0.15, 0.2) is 53.1 Å². The number of halogens is 2. The van der Waals surface area contributed by atoms with Gasteiger partial charge in [0.25, 0.3) is 5.91 Å². The van der Waals surface area contributed by atoms with Crippen molar-refractivity contribution in [3.8, 4) is 5.75 Å². The normalized spacial score (nSPS) is 10.9. The van der Waals surface area contributed by atoms with Crippen LogP contribution in [0.3, 0.4) is 0 Å². The molecule has 0 aliphatic rings. The second-order valence-corrected chi connectivity index (χ2v) is 8.47. The van der Waals surface area contributed by atoms with Crippen molar-refractivity contribution < 1.29 is 14.1 Å². The average molecular weight is 485 g/mol. The van der Waals surface area contributed by atoms with Gasteiger partial charge in [-0.05, 0) is 56.7 Å². The van der Waals surface area contributed by atoms with Crippen LogP contribution in [0.1, 0.15) is 38.8 Å². The van der Waals surface area contributed by atoms with Crippen molar-refractivity contribution >= 4 is 34.8 Å². The summed E-state index contributed by atoms with van der Waals surface area (Å²) in [5, 5.41) is 12.7. The molecule has 7 nitrogen and oxygen atoms in total. The molecule has 0 atom stereocenters. The lowest BCUT2D eigenvalue weighted by molar-refractivity contribution is 0.101. The molecule has 0 aliphatic carbocycles. The van der Waals surface area contributed by atoms with Crippen LogP contribution < -0.4 is 10.1 Å². The van der Waals surface area contributed by atoms with Crippen LogP contribution in [0.5, 0.6) is 5.75 Å². The molecule has 0 saturated carbocycles. The molecule has 1 amide bonds. The number of nitrogens with one attached hydrogen (secondary N) is 1. The Kier molecular flexibility index (Phi) is 6.72. The highest BCUT2D eigenvalue weighted by atomic mass is 35.5. The molecule has 0 saturated heterocycles. The molecule has 4 aromatic rings. The second-order valence-electron chi connectivity index (χ2n) is 7.60. The van der Waals surface area contributed by atoms with Crippen molar-refractivity contribution in [2.75, 3.05) is 5.32 Å². The molecule has 0 bridgehead atoms. The van der Waals surface area contributed by atoms with E-state index >= 15 is 0 Å². The van der Waals surface area contributed by atoms with Gasteiger partial charge in [0.1, 0.15) is 18.1 Å². The van der Waals surface area contributed by atoms with Crippen molar-refractivity contribution in [1.82, 2.24) is 14.9 Å². The summed E-state index contributed by atoms with van der Waals surface area (Å²) >= 11 is 12.0. The van der Waals surface area contributed by atoms with Crippen LogP contribution in [-0.2, 0) is 13.2 Å². The highest BCUT2D eigenvalue weighted by Crippen LogP contribution is 2.24. The predicted octanol–water partition coefficient (Wildman–Crippen LogP) is 5.98. The van der Waals surface area contributed by atoms with E-state index < -0.39 is 5.91 Å². The van der Waals surface area contributed by atoms with Crippen molar-refractivity contribution in [1.29, 1.82) is 0 Å². The zero-order chi connectivity index (χ0) is 23.5. The summed E-state index contributed by atoms with van der Waals surface area (Å²) < 4.78 is 12.9. The van der Waals surface area contributed by atoms with E-state index in [9.17, 15) is 4.79 Å². The Labute approximate surface area is 201 Å². The van der Waals surface area contributed by atoms with E-state index in [0.717, 1.165) is 11.3 Å². The molecule has 0 spiro atoms. The van der Waals surface area contributed by atoms with Crippen LogP contribution in [-0.4, -0.2) is 20.8 Å². The van der Waals surface area contributed by atoms with Gasteiger partial charge in [-0.25, -0.2) is 0 Å². The maximum atomic E-state index is 13.1. The first-order valence-corrected chi connectivity index (χ1v) is 11.0. The number of nitrogens with zero attached hydrogens (tertiary/aromatic N) is 3. The number of ether oxygens (including phenoxy) is 1. The molecule has 0 unspecified atom stereocenters. The largest absolute Gasteiger partial charge is 0.489 e. The minimum Gasteiger partial charge on any atom is -0.489 e. The Hall–Kier alpha value is -3.29. The topological polar surface area (TPSA) is 82.2 Å². The molecule has 0 radical (unpaired) electrons. The van der Waals surface area contributed by atoms with Crippen molar-refractivity contribution in [3.63, 3.8) is 0 Å². The Bertz CT molecular complexity index is 1300. The summed E-state index contributed by atoms with van der Waals surface area (Å²) in [6, 6.07) is 14.6. The molecule has 2 aromatic heterocycles. The third-order valence-electron chi connectivity index (χ3n) is 5.24. The number of anilines is 1. The average Bonchev–Trinajstić information content (AvgIpc) is 3.28. The number of benzene rings is 2. The fourth-order valence-corrected chi connectivity index (χ4v) is 3.73. The molecule has 0 fully saturated rings. The van der Waals surface area contributed by atoms with Gasteiger partial charge in [-0.2, -0.15) is 5.10 Å². The summed E-state index contributed by atoms with van der Waals surface area (Å²) in [6.07, 6.45) is 0. The molecular weight excluding hydrogens is 463 g/mol. The lowest BCUT2D eigenvalue weighted by Gasteiger charge is -2.09. The minimum absolute atomic E-state index is 0.117. The molecule has 2 heterocycles. The van der Waals surface area contributed by atoms with Gasteiger partial charge in [0.15, 0.2) is 5.69 Å². The van der Waals surface area contributed by atoms with Gasteiger partial charge < -0.3 is 14.6 Å². The number of rotatable bonds is 7. The molecule has 33 heavy (non-hydrogen) atoms. The monoisotopic (exact) mass is 484 g/mol. The fourth-order valence-electron chi connectivity index (χ4n) is 3.42. The van der Waals surface area contributed by atoms with E-state index in [1.54, 1.807) is 31.2 Å². The number of hydrogen-bond acceptors (Lipinski definition) is 5. The zero-order valence-electron chi connectivity index (χ0n) is 18.4. The SMILES string of the molecule is Cc1nn(Cc2ccc(Cl)cc2)c(C)c1NC(=O)c1noc(C)c1COc1cccc(Cl)c1. The first-order valence-electron chi connectivity index (χ1n) is 10.2. The third kappa shape index (κ3) is 5.21. The maximum absolute atomic E-state index is 13.1. The number of aryl methyl sites for hydroxylation is 2.